The van der Waals surface area contributed by atoms with Gasteiger partial charge in [0.05, 0.1) is 42.9 Å². The van der Waals surface area contributed by atoms with Crippen molar-refractivity contribution in [1.82, 2.24) is 0 Å². The Hall–Kier alpha value is -4.63. The first-order chi connectivity index (χ1) is 18.8. The molecule has 2 aliphatic heterocycles. The fourth-order valence-electron chi connectivity index (χ4n) is 5.86. The van der Waals surface area contributed by atoms with Crippen LogP contribution < -0.4 is 9.64 Å². The van der Waals surface area contributed by atoms with Gasteiger partial charge in [-0.3, -0.25) is 19.2 Å². The second kappa shape index (κ2) is 8.99. The Balaban J connectivity index is 1.47. The summed E-state index contributed by atoms with van der Waals surface area (Å²) in [5.74, 6) is -5.02. The molecule has 2 saturated heterocycles. The highest BCUT2D eigenvalue weighted by Crippen LogP contribution is 2.57. The minimum Gasteiger partial charge on any atom is -0.494 e. The van der Waals surface area contributed by atoms with Crippen LogP contribution in [-0.2, 0) is 19.1 Å². The molecule has 0 aromatic heterocycles. The highest BCUT2D eigenvalue weighted by molar-refractivity contribution is 6.37. The van der Waals surface area contributed by atoms with Crippen molar-refractivity contribution in [3.63, 3.8) is 0 Å². The fraction of sp³-hybridized carbons (Fsp3) is 0.233. The monoisotopic (exact) mass is 525 g/mol. The molecule has 2 amide bonds. The van der Waals surface area contributed by atoms with Crippen molar-refractivity contribution in [2.45, 2.75) is 18.6 Å². The molecule has 196 valence electrons. The van der Waals surface area contributed by atoms with Gasteiger partial charge in [0.1, 0.15) is 5.75 Å². The molecular weight excluding hydrogens is 502 g/mol. The summed E-state index contributed by atoms with van der Waals surface area (Å²) in [6.07, 6.45) is -1.04. The molecule has 39 heavy (non-hydrogen) atoms. The molecule has 3 atom stereocenters. The number of esters is 1. The molecule has 0 bridgehead atoms. The van der Waals surface area contributed by atoms with E-state index in [9.17, 15) is 24.0 Å². The van der Waals surface area contributed by atoms with E-state index in [1.807, 2.05) is 6.92 Å². The van der Waals surface area contributed by atoms with Crippen LogP contribution in [0.3, 0.4) is 0 Å². The number of ketones is 2. The molecule has 1 spiro atoms. The average molecular weight is 526 g/mol. The summed E-state index contributed by atoms with van der Waals surface area (Å²) in [6.45, 7) is 2.32. The number of hydrogen-bond acceptors (Lipinski definition) is 8. The first-order valence-electron chi connectivity index (χ1n) is 12.5. The smallest absolute Gasteiger partial charge is 0.337 e. The summed E-state index contributed by atoms with van der Waals surface area (Å²) in [4.78, 5) is 68.5. The third-order valence-electron chi connectivity index (χ3n) is 7.59. The summed E-state index contributed by atoms with van der Waals surface area (Å²) in [6, 6.07) is 18.9. The lowest BCUT2D eigenvalue weighted by molar-refractivity contribution is -0.127. The summed E-state index contributed by atoms with van der Waals surface area (Å²) >= 11 is 0. The molecule has 0 radical (unpaired) electrons. The normalized spacial score (nSPS) is 22.8. The lowest BCUT2D eigenvalue weighted by Crippen LogP contribution is -2.51. The Labute approximate surface area is 223 Å². The second-order valence-corrected chi connectivity index (χ2v) is 9.53. The number of nitrogens with zero attached hydrogens (tertiary/aromatic N) is 1. The number of carbonyl (C=O) groups excluding carboxylic acids is 5. The predicted octanol–water partition coefficient (Wildman–Crippen LogP) is 3.57. The number of hydrogen-bond donors (Lipinski definition) is 0. The van der Waals surface area contributed by atoms with Gasteiger partial charge < -0.3 is 14.2 Å². The summed E-state index contributed by atoms with van der Waals surface area (Å²) in [5, 5.41) is 0. The number of rotatable bonds is 5. The van der Waals surface area contributed by atoms with Gasteiger partial charge in [-0.05, 0) is 48.9 Å². The van der Waals surface area contributed by atoms with E-state index in [2.05, 4.69) is 0 Å². The Kier molecular flexibility index (Phi) is 5.69. The van der Waals surface area contributed by atoms with Gasteiger partial charge in [0.2, 0.25) is 29.0 Å². The van der Waals surface area contributed by atoms with Crippen LogP contribution in [0.1, 0.15) is 49.7 Å². The average Bonchev–Trinajstić information content (AvgIpc) is 3.53. The van der Waals surface area contributed by atoms with Gasteiger partial charge in [0.25, 0.3) is 0 Å². The number of amides is 2. The van der Waals surface area contributed by atoms with Gasteiger partial charge in [-0.25, -0.2) is 9.69 Å². The number of anilines is 1. The number of fused-ring (bicyclic) bond motifs is 3. The van der Waals surface area contributed by atoms with Crippen molar-refractivity contribution in [3.8, 4) is 5.75 Å². The van der Waals surface area contributed by atoms with Gasteiger partial charge in [0, 0.05) is 11.1 Å². The van der Waals surface area contributed by atoms with Crippen LogP contribution in [0.5, 0.6) is 5.75 Å². The zero-order valence-corrected chi connectivity index (χ0v) is 21.1. The Morgan fingerprint density at radius 2 is 1.49 bits per heavy atom. The Bertz CT molecular complexity index is 1510. The van der Waals surface area contributed by atoms with Gasteiger partial charge >= 0.3 is 5.97 Å². The molecule has 0 N–H and O–H groups in total. The van der Waals surface area contributed by atoms with Crippen molar-refractivity contribution in [2.24, 2.45) is 11.8 Å². The summed E-state index contributed by atoms with van der Waals surface area (Å²) in [7, 11) is 1.25. The Morgan fingerprint density at radius 1 is 0.872 bits per heavy atom. The topological polar surface area (TPSA) is 116 Å². The van der Waals surface area contributed by atoms with E-state index in [-0.39, 0.29) is 22.4 Å². The quantitative estimate of drug-likeness (QED) is 0.282. The fourth-order valence-corrected chi connectivity index (χ4v) is 5.86. The van der Waals surface area contributed by atoms with Gasteiger partial charge in [-0.1, -0.05) is 36.4 Å². The van der Waals surface area contributed by atoms with E-state index in [0.29, 0.717) is 17.9 Å². The number of Topliss-reactive ketones (excluding diaryl/α,β-unsaturated/α-hetero) is 2. The summed E-state index contributed by atoms with van der Waals surface area (Å²) < 4.78 is 16.5. The van der Waals surface area contributed by atoms with Crippen LogP contribution in [0.15, 0.2) is 72.8 Å². The predicted molar refractivity (Wildman–Crippen MR) is 137 cm³/mol. The molecule has 0 saturated carbocycles. The molecule has 3 aliphatic rings. The van der Waals surface area contributed by atoms with Crippen molar-refractivity contribution in [2.75, 3.05) is 18.6 Å². The van der Waals surface area contributed by atoms with Crippen LogP contribution in [0, 0.1) is 11.8 Å². The van der Waals surface area contributed by atoms with Gasteiger partial charge in [0.15, 0.2) is 0 Å². The number of carbonyl (C=O) groups is 5. The molecule has 2 fully saturated rings. The molecule has 3 aromatic carbocycles. The van der Waals surface area contributed by atoms with E-state index in [1.54, 1.807) is 36.4 Å². The first-order valence-corrected chi connectivity index (χ1v) is 12.5. The zero-order chi connectivity index (χ0) is 27.5. The second-order valence-electron chi connectivity index (χ2n) is 9.53. The van der Waals surface area contributed by atoms with Crippen LogP contribution in [0.2, 0.25) is 0 Å². The molecular formula is C30H23NO8. The maximum absolute atomic E-state index is 14.0. The maximum atomic E-state index is 14.0. The van der Waals surface area contributed by atoms with Crippen LogP contribution in [-0.4, -0.2) is 48.7 Å². The van der Waals surface area contributed by atoms with Crippen LogP contribution in [0.4, 0.5) is 5.69 Å². The number of imide groups is 1. The molecule has 3 unspecified atom stereocenters. The third kappa shape index (κ3) is 3.39. The van der Waals surface area contributed by atoms with Gasteiger partial charge in [-0.2, -0.15) is 0 Å². The molecule has 2 heterocycles. The molecule has 6 rings (SSSR count). The van der Waals surface area contributed by atoms with E-state index in [1.165, 1.54) is 43.5 Å². The van der Waals surface area contributed by atoms with E-state index in [4.69, 9.17) is 14.2 Å². The molecule has 3 aromatic rings. The van der Waals surface area contributed by atoms with Crippen LogP contribution >= 0.6 is 0 Å². The van der Waals surface area contributed by atoms with Crippen molar-refractivity contribution in [1.29, 1.82) is 0 Å². The van der Waals surface area contributed by atoms with Crippen molar-refractivity contribution >= 4 is 35.0 Å². The maximum Gasteiger partial charge on any atom is 0.337 e. The number of methoxy groups -OCH3 is 1. The molecule has 9 heteroatoms. The van der Waals surface area contributed by atoms with Crippen molar-refractivity contribution in [3.05, 3.63) is 95.1 Å². The minimum atomic E-state index is -2.16. The van der Waals surface area contributed by atoms with Gasteiger partial charge in [-0.15, -0.1) is 0 Å². The number of benzene rings is 3. The number of ether oxygens (including phenoxy) is 3. The van der Waals surface area contributed by atoms with Crippen LogP contribution in [0.25, 0.3) is 0 Å². The lowest BCUT2D eigenvalue weighted by atomic mass is 9.77. The van der Waals surface area contributed by atoms with Crippen molar-refractivity contribution < 1.29 is 38.2 Å². The highest BCUT2D eigenvalue weighted by Gasteiger charge is 2.74. The van der Waals surface area contributed by atoms with E-state index < -0.39 is 52.9 Å². The SMILES string of the molecule is CCOc1ccc(C2OC3(C(=O)c4ccccc4C3=O)C3C(=O)N(c4ccc(C(=O)OC)cc4)C(=O)C23)cc1. The standard InChI is InChI=1S/C30H23NO8/c1-3-38-19-14-10-16(11-15-19)24-22-23(30(39-24)25(32)20-6-4-5-7-21(20)26(30)33)28(35)31(27(22)34)18-12-8-17(9-13-18)29(36)37-2/h4-15,22-24H,3H2,1-2H3. The Morgan fingerprint density at radius 3 is 2.05 bits per heavy atom. The highest BCUT2D eigenvalue weighted by atomic mass is 16.5. The third-order valence-corrected chi connectivity index (χ3v) is 7.59. The van der Waals surface area contributed by atoms with E-state index >= 15 is 0 Å². The molecule has 1 aliphatic carbocycles. The molecule has 9 nitrogen and oxygen atoms in total. The zero-order valence-electron chi connectivity index (χ0n) is 21.1. The van der Waals surface area contributed by atoms with E-state index in [0.717, 1.165) is 4.90 Å². The first kappa shape index (κ1) is 24.7. The lowest BCUT2D eigenvalue weighted by Gasteiger charge is -2.27. The largest absolute Gasteiger partial charge is 0.494 e. The summed E-state index contributed by atoms with van der Waals surface area (Å²) in [5.41, 5.74) is -0.854. The minimum absolute atomic E-state index is 0.162.